The van der Waals surface area contributed by atoms with E-state index in [1.807, 2.05) is 4.72 Å². The van der Waals surface area contributed by atoms with Crippen LogP contribution in [0.25, 0.3) is 11.4 Å². The molecule has 0 aromatic carbocycles. The standard InChI is InChI=1S/C12H12N4O4S/c17-11(18)8-15-21(19,20)9-16-6-2-10(3-7-16)12-13-4-1-5-14-12/h1-7,15H,8-9H2/p+1. The molecular weight excluding hydrogens is 296 g/mol. The molecule has 0 spiro atoms. The second-order valence-corrected chi connectivity index (χ2v) is 5.91. The van der Waals surface area contributed by atoms with Crippen molar-refractivity contribution >= 4 is 16.0 Å². The molecule has 0 bridgehead atoms. The number of nitrogens with one attached hydrogen (secondary N) is 1. The summed E-state index contributed by atoms with van der Waals surface area (Å²) >= 11 is 0. The van der Waals surface area contributed by atoms with Crippen LogP contribution in [0.15, 0.2) is 43.0 Å². The molecule has 0 aliphatic heterocycles. The third kappa shape index (κ3) is 4.58. The Labute approximate surface area is 121 Å². The van der Waals surface area contributed by atoms with Gasteiger partial charge in [0.25, 0.3) is 15.9 Å². The van der Waals surface area contributed by atoms with Crippen molar-refractivity contribution in [1.29, 1.82) is 0 Å². The van der Waals surface area contributed by atoms with Crippen molar-refractivity contribution in [2.24, 2.45) is 0 Å². The van der Waals surface area contributed by atoms with E-state index in [9.17, 15) is 13.2 Å². The molecule has 0 fully saturated rings. The van der Waals surface area contributed by atoms with Crippen molar-refractivity contribution in [3.05, 3.63) is 43.0 Å². The highest BCUT2D eigenvalue weighted by Gasteiger charge is 2.17. The zero-order valence-electron chi connectivity index (χ0n) is 10.9. The van der Waals surface area contributed by atoms with Crippen molar-refractivity contribution < 1.29 is 22.9 Å². The van der Waals surface area contributed by atoms with E-state index in [2.05, 4.69) is 9.97 Å². The number of aromatic nitrogens is 3. The van der Waals surface area contributed by atoms with Crippen LogP contribution < -0.4 is 9.29 Å². The van der Waals surface area contributed by atoms with Crippen LogP contribution in [0.5, 0.6) is 0 Å². The van der Waals surface area contributed by atoms with Crippen LogP contribution in [0, 0.1) is 0 Å². The molecule has 0 atom stereocenters. The topological polar surface area (TPSA) is 113 Å². The summed E-state index contributed by atoms with van der Waals surface area (Å²) in [7, 11) is -3.71. The molecule has 8 nitrogen and oxygen atoms in total. The first-order valence-corrected chi connectivity index (χ1v) is 7.57. The minimum atomic E-state index is -3.71. The van der Waals surface area contributed by atoms with Crippen molar-refractivity contribution in [2.75, 3.05) is 6.54 Å². The molecule has 0 aliphatic carbocycles. The first kappa shape index (κ1) is 15.0. The SMILES string of the molecule is O=C(O)CNS(=O)(=O)C[n+]1ccc(-c2ncccn2)cc1. The number of carboxylic acid groups (broad SMARTS) is 1. The lowest BCUT2D eigenvalue weighted by Crippen LogP contribution is -2.43. The van der Waals surface area contributed by atoms with E-state index in [-0.39, 0.29) is 5.88 Å². The quantitative estimate of drug-likeness (QED) is 0.688. The Balaban J connectivity index is 2.08. The molecule has 21 heavy (non-hydrogen) atoms. The van der Waals surface area contributed by atoms with Gasteiger partial charge in [-0.15, -0.1) is 0 Å². The second kappa shape index (κ2) is 6.37. The van der Waals surface area contributed by atoms with E-state index < -0.39 is 22.5 Å². The number of carboxylic acids is 1. The van der Waals surface area contributed by atoms with Gasteiger partial charge in [-0.1, -0.05) is 0 Å². The van der Waals surface area contributed by atoms with Gasteiger partial charge in [-0.3, -0.25) is 4.79 Å². The number of nitrogens with zero attached hydrogens (tertiary/aromatic N) is 3. The van der Waals surface area contributed by atoms with Gasteiger partial charge in [0, 0.05) is 30.1 Å². The summed E-state index contributed by atoms with van der Waals surface area (Å²) in [6, 6.07) is 5.07. The van der Waals surface area contributed by atoms with Gasteiger partial charge >= 0.3 is 5.97 Å². The number of hydrogen-bond donors (Lipinski definition) is 2. The lowest BCUT2D eigenvalue weighted by Gasteiger charge is -2.02. The number of hydrogen-bond acceptors (Lipinski definition) is 5. The lowest BCUT2D eigenvalue weighted by atomic mass is 10.2. The normalized spacial score (nSPS) is 11.2. The monoisotopic (exact) mass is 309 g/mol. The van der Waals surface area contributed by atoms with Crippen LogP contribution in [0.3, 0.4) is 0 Å². The molecule has 9 heteroatoms. The molecule has 2 aromatic rings. The highest BCUT2D eigenvalue weighted by molar-refractivity contribution is 7.88. The summed E-state index contributed by atoms with van der Waals surface area (Å²) in [6.45, 7) is -0.640. The van der Waals surface area contributed by atoms with Gasteiger partial charge in [0.05, 0.1) is 0 Å². The Morgan fingerprint density at radius 1 is 1.24 bits per heavy atom. The van der Waals surface area contributed by atoms with Crippen LogP contribution in [0.2, 0.25) is 0 Å². The molecule has 0 aliphatic rings. The van der Waals surface area contributed by atoms with Crippen LogP contribution in [-0.2, 0) is 20.7 Å². The summed E-state index contributed by atoms with van der Waals surface area (Å²) < 4.78 is 26.7. The van der Waals surface area contributed by atoms with Crippen LogP contribution in [0.4, 0.5) is 0 Å². The average Bonchev–Trinajstić information content (AvgIpc) is 2.47. The largest absolute Gasteiger partial charge is 0.480 e. The van der Waals surface area contributed by atoms with Crippen LogP contribution in [-0.4, -0.2) is 36.0 Å². The van der Waals surface area contributed by atoms with Gasteiger partial charge in [-0.05, 0) is 6.07 Å². The zero-order valence-corrected chi connectivity index (χ0v) is 11.7. The Bertz CT molecular complexity index is 717. The summed E-state index contributed by atoms with van der Waals surface area (Å²) in [5.74, 6) is -1.06. The number of pyridine rings is 1. The predicted molar refractivity (Wildman–Crippen MR) is 72.2 cm³/mol. The number of rotatable bonds is 6. The van der Waals surface area contributed by atoms with Crippen molar-refractivity contribution in [1.82, 2.24) is 14.7 Å². The van der Waals surface area contributed by atoms with E-state index in [0.717, 1.165) is 5.56 Å². The van der Waals surface area contributed by atoms with Crippen LogP contribution >= 0.6 is 0 Å². The number of aliphatic carboxylic acids is 1. The Morgan fingerprint density at radius 3 is 2.43 bits per heavy atom. The van der Waals surface area contributed by atoms with Gasteiger partial charge in [-0.25, -0.2) is 18.4 Å². The fraction of sp³-hybridized carbons (Fsp3) is 0.167. The second-order valence-electron chi connectivity index (χ2n) is 4.13. The van der Waals surface area contributed by atoms with E-state index in [1.165, 1.54) is 4.57 Å². The Hall–Kier alpha value is -2.39. The summed E-state index contributed by atoms with van der Waals surface area (Å²) in [5, 5.41) is 8.46. The molecule has 0 radical (unpaired) electrons. The fourth-order valence-electron chi connectivity index (χ4n) is 1.55. The summed E-state index contributed by atoms with van der Waals surface area (Å²) in [4.78, 5) is 18.5. The summed E-state index contributed by atoms with van der Waals surface area (Å²) in [6.07, 6.45) is 6.35. The number of carbonyl (C=O) groups is 1. The van der Waals surface area contributed by atoms with Crippen LogP contribution in [0.1, 0.15) is 0 Å². The van der Waals surface area contributed by atoms with E-state index >= 15 is 0 Å². The first-order valence-electron chi connectivity index (χ1n) is 5.92. The average molecular weight is 309 g/mol. The van der Waals surface area contributed by atoms with Gasteiger partial charge in [0.1, 0.15) is 6.54 Å². The first-order chi connectivity index (χ1) is 9.96. The third-order valence-electron chi connectivity index (χ3n) is 2.48. The highest BCUT2D eigenvalue weighted by Crippen LogP contribution is 2.10. The molecule has 2 rings (SSSR count). The molecular formula is C12H13N4O4S+. The van der Waals surface area contributed by atoms with Crippen molar-refractivity contribution in [2.45, 2.75) is 5.88 Å². The van der Waals surface area contributed by atoms with Gasteiger partial charge in [-0.2, -0.15) is 9.29 Å². The van der Waals surface area contributed by atoms with Crippen molar-refractivity contribution in [3.63, 3.8) is 0 Å². The molecule has 0 saturated heterocycles. The predicted octanol–water partition coefficient (Wildman–Crippen LogP) is -0.607. The van der Waals surface area contributed by atoms with E-state index in [1.54, 1.807) is 43.0 Å². The van der Waals surface area contributed by atoms with E-state index in [4.69, 9.17) is 5.11 Å². The Morgan fingerprint density at radius 2 is 1.86 bits per heavy atom. The maximum absolute atomic E-state index is 11.6. The molecule has 0 saturated carbocycles. The molecule has 0 unspecified atom stereocenters. The molecule has 110 valence electrons. The molecule has 2 N–H and O–H groups in total. The minimum Gasteiger partial charge on any atom is -0.480 e. The highest BCUT2D eigenvalue weighted by atomic mass is 32.2. The maximum atomic E-state index is 11.6. The molecule has 0 amide bonds. The van der Waals surface area contributed by atoms with E-state index in [0.29, 0.717) is 5.82 Å². The number of sulfonamides is 1. The minimum absolute atomic E-state index is 0.365. The van der Waals surface area contributed by atoms with Gasteiger partial charge in [0.15, 0.2) is 18.2 Å². The maximum Gasteiger partial charge on any atom is 0.318 e. The van der Waals surface area contributed by atoms with Gasteiger partial charge in [0.2, 0.25) is 0 Å². The lowest BCUT2D eigenvalue weighted by molar-refractivity contribution is -0.677. The van der Waals surface area contributed by atoms with Gasteiger partial charge < -0.3 is 5.11 Å². The smallest absolute Gasteiger partial charge is 0.318 e. The molecule has 2 aromatic heterocycles. The fourth-order valence-corrected chi connectivity index (χ4v) is 2.55. The Kier molecular flexibility index (Phi) is 4.55. The molecule has 2 heterocycles. The third-order valence-corrected chi connectivity index (χ3v) is 3.70. The zero-order chi connectivity index (χ0) is 15.3. The van der Waals surface area contributed by atoms with Crippen molar-refractivity contribution in [3.8, 4) is 11.4 Å². The summed E-state index contributed by atoms with van der Waals surface area (Å²) in [5.41, 5.74) is 0.753.